The number of methoxy groups -OCH3 is 1. The Morgan fingerprint density at radius 3 is 2.40 bits per heavy atom. The van der Waals surface area contributed by atoms with Crippen molar-refractivity contribution in [3.63, 3.8) is 0 Å². The fourth-order valence-electron chi connectivity index (χ4n) is 5.00. The standard InChI is InChI=1S/C29H31ClFN5O4/c1-33-11-12-36(29(33)39)25-5-4-19(14-24(25)30)22-16-21(31)17-23(27(22)37)20-15-26(34-9-6-32-7-10-34)28(38)35(18-20)8-3-13-40-2/h4-5,11-12,14-18,32,37H,3,6-10,13H2,1-2H3. The van der Waals surface area contributed by atoms with Gasteiger partial charge in [-0.25, -0.2) is 9.18 Å². The Balaban J connectivity index is 1.60. The number of piperazine rings is 1. The number of hydrogen-bond acceptors (Lipinski definition) is 6. The maximum Gasteiger partial charge on any atom is 0.332 e. The third-order valence-electron chi connectivity index (χ3n) is 7.12. The van der Waals surface area contributed by atoms with Crippen molar-refractivity contribution in [1.29, 1.82) is 0 Å². The number of aromatic nitrogens is 3. The number of halogens is 2. The van der Waals surface area contributed by atoms with Gasteiger partial charge in [0.05, 0.1) is 10.7 Å². The van der Waals surface area contributed by atoms with E-state index in [1.807, 2.05) is 4.90 Å². The van der Waals surface area contributed by atoms with E-state index < -0.39 is 5.82 Å². The van der Waals surface area contributed by atoms with Gasteiger partial charge in [-0.1, -0.05) is 17.7 Å². The smallest absolute Gasteiger partial charge is 0.332 e. The molecular formula is C29H31ClFN5O4. The van der Waals surface area contributed by atoms with Gasteiger partial charge in [0.15, 0.2) is 0 Å². The highest BCUT2D eigenvalue weighted by atomic mass is 35.5. The monoisotopic (exact) mass is 567 g/mol. The number of ether oxygens (including phenoxy) is 1. The molecule has 11 heteroatoms. The van der Waals surface area contributed by atoms with Crippen molar-refractivity contribution < 1.29 is 14.2 Å². The van der Waals surface area contributed by atoms with Gasteiger partial charge >= 0.3 is 5.69 Å². The van der Waals surface area contributed by atoms with Crippen LogP contribution < -0.4 is 21.5 Å². The number of pyridine rings is 1. The van der Waals surface area contributed by atoms with Crippen molar-refractivity contribution in [1.82, 2.24) is 19.0 Å². The number of phenolic OH excluding ortho intramolecular Hbond substituents is 1. The normalized spacial score (nSPS) is 13.7. The molecule has 0 aliphatic carbocycles. The van der Waals surface area contributed by atoms with Crippen molar-refractivity contribution in [3.8, 4) is 33.7 Å². The first-order chi connectivity index (χ1) is 19.3. The Morgan fingerprint density at radius 1 is 1.02 bits per heavy atom. The molecule has 2 aromatic carbocycles. The van der Waals surface area contributed by atoms with Crippen LogP contribution in [0.3, 0.4) is 0 Å². The number of anilines is 1. The predicted octanol–water partition coefficient (Wildman–Crippen LogP) is 3.62. The number of aromatic hydroxyl groups is 1. The van der Waals surface area contributed by atoms with E-state index in [0.717, 1.165) is 13.1 Å². The molecule has 0 atom stereocenters. The molecule has 4 aromatic rings. The van der Waals surface area contributed by atoms with Crippen LogP contribution >= 0.6 is 11.6 Å². The van der Waals surface area contributed by atoms with Crippen LogP contribution in [0, 0.1) is 5.82 Å². The molecule has 2 N–H and O–H groups in total. The minimum atomic E-state index is -0.553. The largest absolute Gasteiger partial charge is 0.507 e. The summed E-state index contributed by atoms with van der Waals surface area (Å²) in [5.41, 5.74) is 2.06. The second-order valence-corrected chi connectivity index (χ2v) is 10.2. The first-order valence-electron chi connectivity index (χ1n) is 13.0. The zero-order valence-corrected chi connectivity index (χ0v) is 23.1. The van der Waals surface area contributed by atoms with Crippen LogP contribution in [-0.2, 0) is 18.3 Å². The van der Waals surface area contributed by atoms with Gasteiger partial charge in [0.2, 0.25) is 0 Å². The number of aryl methyl sites for hydroxylation is 2. The molecule has 3 heterocycles. The topological polar surface area (TPSA) is 93.7 Å². The second-order valence-electron chi connectivity index (χ2n) is 9.77. The zero-order chi connectivity index (χ0) is 28.4. The minimum absolute atomic E-state index is 0.142. The van der Waals surface area contributed by atoms with E-state index in [1.54, 1.807) is 61.6 Å². The van der Waals surface area contributed by atoms with Crippen LogP contribution in [0.25, 0.3) is 27.9 Å². The van der Waals surface area contributed by atoms with E-state index in [0.29, 0.717) is 55.2 Å². The van der Waals surface area contributed by atoms with Gasteiger partial charge in [-0.05, 0) is 42.3 Å². The van der Waals surface area contributed by atoms with Gasteiger partial charge in [-0.2, -0.15) is 0 Å². The second kappa shape index (κ2) is 11.7. The van der Waals surface area contributed by atoms with Crippen LogP contribution in [0.4, 0.5) is 10.1 Å². The first-order valence-corrected chi connectivity index (χ1v) is 13.4. The van der Waals surface area contributed by atoms with Crippen LogP contribution in [0.5, 0.6) is 5.75 Å². The predicted molar refractivity (Wildman–Crippen MR) is 154 cm³/mol. The SMILES string of the molecule is COCCCn1cc(-c2cc(F)cc(-c3ccc(-n4ccn(C)c4=O)c(Cl)c3)c2O)cc(N2CCNCC2)c1=O. The van der Waals surface area contributed by atoms with Crippen LogP contribution in [-0.4, -0.2) is 58.7 Å². The highest BCUT2D eigenvalue weighted by Gasteiger charge is 2.21. The van der Waals surface area contributed by atoms with Crippen LogP contribution in [0.2, 0.25) is 5.02 Å². The molecule has 1 aliphatic rings. The molecule has 1 aliphatic heterocycles. The summed E-state index contributed by atoms with van der Waals surface area (Å²) >= 11 is 6.55. The minimum Gasteiger partial charge on any atom is -0.507 e. The fraction of sp³-hybridized carbons (Fsp3) is 0.310. The molecule has 0 bridgehead atoms. The Bertz CT molecular complexity index is 1660. The van der Waals surface area contributed by atoms with E-state index in [9.17, 15) is 14.7 Å². The van der Waals surface area contributed by atoms with E-state index in [-0.39, 0.29) is 33.1 Å². The Hall–Kier alpha value is -3.86. The first kappa shape index (κ1) is 27.7. The zero-order valence-electron chi connectivity index (χ0n) is 22.4. The summed E-state index contributed by atoms with van der Waals surface area (Å²) in [4.78, 5) is 27.8. The van der Waals surface area contributed by atoms with E-state index in [4.69, 9.17) is 16.3 Å². The number of imidazole rings is 1. The van der Waals surface area contributed by atoms with Crippen molar-refractivity contribution in [2.45, 2.75) is 13.0 Å². The summed E-state index contributed by atoms with van der Waals surface area (Å²) in [7, 11) is 3.25. The number of nitrogens with zero attached hydrogens (tertiary/aromatic N) is 4. The Labute approximate surface area is 235 Å². The number of nitrogens with one attached hydrogen (secondary N) is 1. The van der Waals surface area contributed by atoms with E-state index in [2.05, 4.69) is 5.32 Å². The summed E-state index contributed by atoms with van der Waals surface area (Å²) in [5.74, 6) is -0.696. The summed E-state index contributed by atoms with van der Waals surface area (Å²) in [6.07, 6.45) is 5.51. The van der Waals surface area contributed by atoms with Gasteiger partial charge in [0.1, 0.15) is 17.3 Å². The number of hydrogen-bond donors (Lipinski definition) is 2. The van der Waals surface area contributed by atoms with E-state index in [1.165, 1.54) is 21.3 Å². The van der Waals surface area contributed by atoms with Crippen molar-refractivity contribution in [2.24, 2.45) is 7.05 Å². The Morgan fingerprint density at radius 2 is 1.75 bits per heavy atom. The van der Waals surface area contributed by atoms with Gasteiger partial charge in [0.25, 0.3) is 5.56 Å². The molecular weight excluding hydrogens is 537 g/mol. The lowest BCUT2D eigenvalue weighted by Gasteiger charge is -2.29. The van der Waals surface area contributed by atoms with Gasteiger partial charge in [-0.3, -0.25) is 9.36 Å². The molecule has 0 saturated carbocycles. The third-order valence-corrected chi connectivity index (χ3v) is 7.43. The lowest BCUT2D eigenvalue weighted by atomic mass is 9.97. The summed E-state index contributed by atoms with van der Waals surface area (Å²) in [6.45, 7) is 3.71. The molecule has 0 amide bonds. The molecule has 0 spiro atoms. The molecule has 9 nitrogen and oxygen atoms in total. The summed E-state index contributed by atoms with van der Waals surface area (Å²) < 4.78 is 24.7. The molecule has 40 heavy (non-hydrogen) atoms. The fourth-order valence-corrected chi connectivity index (χ4v) is 5.27. The van der Waals surface area contributed by atoms with Crippen molar-refractivity contribution in [3.05, 3.63) is 86.7 Å². The average Bonchev–Trinajstić information content (AvgIpc) is 3.28. The van der Waals surface area contributed by atoms with Gasteiger partial charge in [0, 0.05) is 88.8 Å². The Kier molecular flexibility index (Phi) is 8.11. The molecule has 5 rings (SSSR count). The average molecular weight is 568 g/mol. The lowest BCUT2D eigenvalue weighted by molar-refractivity contribution is 0.190. The molecule has 2 aromatic heterocycles. The van der Waals surface area contributed by atoms with Gasteiger partial charge < -0.3 is 29.2 Å². The van der Waals surface area contributed by atoms with Crippen molar-refractivity contribution >= 4 is 17.3 Å². The lowest BCUT2D eigenvalue weighted by Crippen LogP contribution is -2.46. The number of rotatable bonds is 8. The molecule has 0 unspecified atom stereocenters. The highest BCUT2D eigenvalue weighted by molar-refractivity contribution is 6.32. The molecule has 210 valence electrons. The highest BCUT2D eigenvalue weighted by Crippen LogP contribution is 2.40. The maximum absolute atomic E-state index is 15.1. The molecule has 1 fully saturated rings. The van der Waals surface area contributed by atoms with Crippen molar-refractivity contribution in [2.75, 3.05) is 44.8 Å². The molecule has 0 radical (unpaired) electrons. The molecule has 1 saturated heterocycles. The third kappa shape index (κ3) is 5.42. The maximum atomic E-state index is 15.1. The number of benzene rings is 2. The number of phenols is 1. The quantitative estimate of drug-likeness (QED) is 0.316. The van der Waals surface area contributed by atoms with E-state index >= 15 is 4.39 Å². The summed E-state index contributed by atoms with van der Waals surface area (Å²) in [5, 5.41) is 15.0. The summed E-state index contributed by atoms with van der Waals surface area (Å²) in [6, 6.07) is 9.14. The van der Waals surface area contributed by atoms with Crippen LogP contribution in [0.15, 0.2) is 64.6 Å². The van der Waals surface area contributed by atoms with Crippen LogP contribution in [0.1, 0.15) is 6.42 Å². The van der Waals surface area contributed by atoms with Gasteiger partial charge in [-0.15, -0.1) is 0 Å².